The first-order valence-corrected chi connectivity index (χ1v) is 8.19. The van der Waals surface area contributed by atoms with E-state index in [1.54, 1.807) is 6.07 Å². The lowest BCUT2D eigenvalue weighted by atomic mass is 10.3. The minimum Gasteiger partial charge on any atom is -0.429 e. The van der Waals surface area contributed by atoms with Gasteiger partial charge < -0.3 is 8.83 Å². The average molecular weight is 356 g/mol. The number of benzene rings is 2. The van der Waals surface area contributed by atoms with Crippen molar-refractivity contribution in [3.05, 3.63) is 58.2 Å². The number of nitrogens with zero attached hydrogens (tertiary/aromatic N) is 2. The van der Waals surface area contributed by atoms with E-state index in [1.807, 2.05) is 47.0 Å². The van der Waals surface area contributed by atoms with Crippen molar-refractivity contribution in [1.82, 2.24) is 9.13 Å². The van der Waals surface area contributed by atoms with Gasteiger partial charge in [0, 0.05) is 13.0 Å². The largest absolute Gasteiger partial charge is 0.429 e. The van der Waals surface area contributed by atoms with E-state index >= 15 is 0 Å². The highest BCUT2D eigenvalue weighted by atomic mass is 32.1. The molecule has 0 amide bonds. The van der Waals surface area contributed by atoms with Crippen LogP contribution in [0.2, 0.25) is 0 Å². The van der Waals surface area contributed by atoms with Crippen LogP contribution in [0.4, 0.5) is 0 Å². The van der Waals surface area contributed by atoms with E-state index in [-0.39, 0.29) is 17.2 Å². The monoisotopic (exact) mass is 356 g/mol. The number of oxazole rings is 2. The van der Waals surface area contributed by atoms with Crippen LogP contribution >= 0.6 is 24.4 Å². The lowest BCUT2D eigenvalue weighted by Gasteiger charge is -2.04. The molecule has 4 rings (SSSR count). The smallest absolute Gasteiger partial charge is 0.276 e. The van der Waals surface area contributed by atoms with Gasteiger partial charge in [0.1, 0.15) is 0 Å². The van der Waals surface area contributed by atoms with Crippen molar-refractivity contribution in [3.8, 4) is 0 Å². The van der Waals surface area contributed by atoms with Crippen LogP contribution in [0.15, 0.2) is 57.4 Å². The van der Waals surface area contributed by atoms with Crippen LogP contribution in [-0.4, -0.2) is 15.0 Å². The molecule has 0 spiro atoms. The topological polar surface area (TPSA) is 53.2 Å². The second-order valence-corrected chi connectivity index (χ2v) is 6.00. The van der Waals surface area contributed by atoms with Crippen molar-refractivity contribution >= 4 is 52.5 Å². The summed E-state index contributed by atoms with van der Waals surface area (Å²) >= 11 is 10.4. The molecule has 0 atom stereocenters. The molecule has 2 heterocycles. The second kappa shape index (κ2) is 5.85. The van der Waals surface area contributed by atoms with Gasteiger partial charge in [-0.1, -0.05) is 24.3 Å². The number of aromatic nitrogens is 2. The highest BCUT2D eigenvalue weighted by Crippen LogP contribution is 2.20. The van der Waals surface area contributed by atoms with Gasteiger partial charge >= 0.3 is 0 Å². The first-order chi connectivity index (χ1) is 11.6. The van der Waals surface area contributed by atoms with E-state index in [0.717, 1.165) is 5.52 Å². The third-order valence-electron chi connectivity index (χ3n) is 3.86. The number of rotatable bonds is 3. The SMILES string of the molecule is O=C(CCn1c(=S)oc2ccccc21)n1c(=S)oc2ccccc21. The predicted octanol–water partition coefficient (Wildman–Crippen LogP) is 4.97. The summed E-state index contributed by atoms with van der Waals surface area (Å²) in [7, 11) is 0. The van der Waals surface area contributed by atoms with Gasteiger partial charge in [-0.25, -0.2) is 4.57 Å². The summed E-state index contributed by atoms with van der Waals surface area (Å²) in [6.07, 6.45) is 0.232. The first-order valence-electron chi connectivity index (χ1n) is 7.37. The van der Waals surface area contributed by atoms with Crippen molar-refractivity contribution in [2.45, 2.75) is 13.0 Å². The van der Waals surface area contributed by atoms with Gasteiger partial charge in [-0.05, 0) is 48.7 Å². The molecule has 2 aromatic heterocycles. The van der Waals surface area contributed by atoms with Gasteiger partial charge in [0.15, 0.2) is 11.2 Å². The van der Waals surface area contributed by atoms with Gasteiger partial charge in [0.25, 0.3) is 9.67 Å². The Morgan fingerprint density at radius 2 is 1.46 bits per heavy atom. The standard InChI is InChI=1S/C17H12N2O3S2/c20-15(19-12-6-2-4-8-14(12)22-17(19)24)9-10-18-11-5-1-3-7-13(11)21-16(18)23/h1-8H,9-10H2. The summed E-state index contributed by atoms with van der Waals surface area (Å²) < 4.78 is 14.2. The van der Waals surface area contributed by atoms with Crippen molar-refractivity contribution < 1.29 is 13.6 Å². The van der Waals surface area contributed by atoms with Crippen molar-refractivity contribution in [3.63, 3.8) is 0 Å². The highest BCUT2D eigenvalue weighted by Gasteiger charge is 2.15. The highest BCUT2D eigenvalue weighted by molar-refractivity contribution is 7.71. The van der Waals surface area contributed by atoms with Gasteiger partial charge in [-0.3, -0.25) is 9.36 Å². The summed E-state index contributed by atoms with van der Waals surface area (Å²) in [4.78, 5) is 13.1. The summed E-state index contributed by atoms with van der Waals surface area (Å²) in [5.41, 5.74) is 2.85. The molecular weight excluding hydrogens is 344 g/mol. The molecule has 0 N–H and O–H groups in total. The molecular formula is C17H12N2O3S2. The number of carbonyl (C=O) groups is 1. The van der Waals surface area contributed by atoms with E-state index in [0.29, 0.717) is 28.1 Å². The zero-order valence-electron chi connectivity index (χ0n) is 12.5. The summed E-state index contributed by atoms with van der Waals surface area (Å²) in [5.74, 6) is -0.142. The maximum Gasteiger partial charge on any atom is 0.276 e. The number of hydrogen-bond acceptors (Lipinski definition) is 5. The number of carbonyl (C=O) groups excluding carboxylic acids is 1. The minimum absolute atomic E-state index is 0.142. The van der Waals surface area contributed by atoms with Crippen molar-refractivity contribution in [2.75, 3.05) is 0 Å². The van der Waals surface area contributed by atoms with E-state index in [2.05, 4.69) is 0 Å². The molecule has 2 aromatic carbocycles. The fourth-order valence-corrected chi connectivity index (χ4v) is 3.32. The first kappa shape index (κ1) is 15.0. The molecule has 5 nitrogen and oxygen atoms in total. The van der Waals surface area contributed by atoms with E-state index < -0.39 is 0 Å². The van der Waals surface area contributed by atoms with Crippen molar-refractivity contribution in [1.29, 1.82) is 0 Å². The Hall–Kier alpha value is -2.51. The van der Waals surface area contributed by atoms with E-state index in [9.17, 15) is 4.79 Å². The normalized spacial score (nSPS) is 11.3. The van der Waals surface area contributed by atoms with Gasteiger partial charge in [0.2, 0.25) is 5.91 Å². The quantitative estimate of drug-likeness (QED) is 0.485. The number of fused-ring (bicyclic) bond motifs is 2. The maximum atomic E-state index is 12.6. The Bertz CT molecular complexity index is 1180. The van der Waals surface area contributed by atoms with Crippen LogP contribution < -0.4 is 0 Å². The third-order valence-corrected chi connectivity index (χ3v) is 4.43. The van der Waals surface area contributed by atoms with E-state index in [1.165, 1.54) is 4.57 Å². The second-order valence-electron chi connectivity index (χ2n) is 5.30. The Balaban J connectivity index is 1.67. The molecule has 0 fully saturated rings. The number of hydrogen-bond donors (Lipinski definition) is 0. The molecule has 0 saturated heterocycles. The molecule has 0 unspecified atom stereocenters. The lowest BCUT2D eigenvalue weighted by molar-refractivity contribution is 0.0896. The number of aryl methyl sites for hydroxylation is 1. The molecule has 120 valence electrons. The molecule has 0 aliphatic heterocycles. The van der Waals surface area contributed by atoms with Crippen LogP contribution in [0.5, 0.6) is 0 Å². The van der Waals surface area contributed by atoms with Crippen LogP contribution in [0.1, 0.15) is 11.2 Å². The van der Waals surface area contributed by atoms with Gasteiger partial charge in [0.05, 0.1) is 11.0 Å². The Labute approximate surface area is 146 Å². The van der Waals surface area contributed by atoms with Crippen LogP contribution in [-0.2, 0) is 6.54 Å². The Kier molecular flexibility index (Phi) is 3.66. The Morgan fingerprint density at radius 1 is 0.875 bits per heavy atom. The molecule has 4 aromatic rings. The van der Waals surface area contributed by atoms with E-state index in [4.69, 9.17) is 33.3 Å². The summed E-state index contributed by atoms with van der Waals surface area (Å²) in [6, 6.07) is 14.8. The zero-order chi connectivity index (χ0) is 16.7. The fraction of sp³-hybridized carbons (Fsp3) is 0.118. The zero-order valence-corrected chi connectivity index (χ0v) is 14.1. The van der Waals surface area contributed by atoms with Crippen LogP contribution in [0, 0.1) is 9.67 Å². The van der Waals surface area contributed by atoms with Crippen LogP contribution in [0.3, 0.4) is 0 Å². The minimum atomic E-state index is -0.142. The number of para-hydroxylation sites is 4. The summed E-state index contributed by atoms with van der Waals surface area (Å²) in [5, 5.41) is 0. The van der Waals surface area contributed by atoms with Crippen LogP contribution in [0.25, 0.3) is 22.2 Å². The lowest BCUT2D eigenvalue weighted by Crippen LogP contribution is -2.13. The van der Waals surface area contributed by atoms with Gasteiger partial charge in [-0.15, -0.1) is 0 Å². The fourth-order valence-electron chi connectivity index (χ4n) is 2.75. The third kappa shape index (κ3) is 2.42. The molecule has 0 bridgehead atoms. The van der Waals surface area contributed by atoms with Crippen molar-refractivity contribution in [2.24, 2.45) is 0 Å². The molecule has 0 aliphatic rings. The molecule has 24 heavy (non-hydrogen) atoms. The Morgan fingerprint density at radius 3 is 2.21 bits per heavy atom. The maximum absolute atomic E-state index is 12.6. The molecule has 0 saturated carbocycles. The molecule has 7 heteroatoms. The molecule has 0 radical (unpaired) electrons. The average Bonchev–Trinajstić information content (AvgIpc) is 3.08. The predicted molar refractivity (Wildman–Crippen MR) is 95.3 cm³/mol. The summed E-state index contributed by atoms with van der Waals surface area (Å²) in [6.45, 7) is 0.413. The van der Waals surface area contributed by atoms with Gasteiger partial charge in [-0.2, -0.15) is 0 Å². The molecule has 0 aliphatic carbocycles.